The van der Waals surface area contributed by atoms with Crippen LogP contribution in [0.2, 0.25) is 0 Å². The lowest BCUT2D eigenvalue weighted by Gasteiger charge is -2.18. The van der Waals surface area contributed by atoms with E-state index in [1.54, 1.807) is 0 Å². The number of fused-ring (bicyclic) bond motifs is 1. The van der Waals surface area contributed by atoms with Crippen LogP contribution in [0.25, 0.3) is 10.2 Å². The van der Waals surface area contributed by atoms with Gasteiger partial charge in [0, 0.05) is 6.54 Å². The first-order valence-electron chi connectivity index (χ1n) is 5.72. The van der Waals surface area contributed by atoms with Crippen molar-refractivity contribution < 1.29 is 9.53 Å². The second-order valence-electron chi connectivity index (χ2n) is 4.99. The molecule has 0 bridgehead atoms. The van der Waals surface area contributed by atoms with E-state index in [1.807, 2.05) is 39.0 Å². The molecule has 0 aliphatic rings. The van der Waals surface area contributed by atoms with E-state index in [1.165, 1.54) is 11.3 Å². The zero-order valence-corrected chi connectivity index (χ0v) is 11.5. The summed E-state index contributed by atoms with van der Waals surface area (Å²) in [6.45, 7) is 5.92. The fraction of sp³-hybridized carbons (Fsp3) is 0.385. The Balaban J connectivity index is 2.39. The predicted molar refractivity (Wildman–Crippen MR) is 72.7 cm³/mol. The third kappa shape index (κ3) is 2.68. The van der Waals surface area contributed by atoms with E-state index in [-0.39, 0.29) is 5.97 Å². The quantitative estimate of drug-likeness (QED) is 0.847. The topological polar surface area (TPSA) is 65.2 Å². The lowest BCUT2D eigenvalue weighted by Crippen LogP contribution is -2.23. The van der Waals surface area contributed by atoms with Crippen molar-refractivity contribution in [3.63, 3.8) is 0 Å². The average molecular weight is 264 g/mol. The van der Waals surface area contributed by atoms with E-state index in [4.69, 9.17) is 10.5 Å². The number of thiazole rings is 1. The van der Waals surface area contributed by atoms with Gasteiger partial charge in [-0.15, -0.1) is 11.3 Å². The van der Waals surface area contributed by atoms with Crippen LogP contribution in [-0.4, -0.2) is 16.6 Å². The molecular weight excluding hydrogens is 248 g/mol. The summed E-state index contributed by atoms with van der Waals surface area (Å²) in [4.78, 5) is 16.3. The Morgan fingerprint density at radius 3 is 2.78 bits per heavy atom. The number of esters is 1. The summed E-state index contributed by atoms with van der Waals surface area (Å²) >= 11 is 1.33. The van der Waals surface area contributed by atoms with Gasteiger partial charge in [-0.1, -0.05) is 12.1 Å². The molecule has 2 aromatic rings. The minimum absolute atomic E-state index is 0.376. The van der Waals surface area contributed by atoms with E-state index >= 15 is 0 Å². The van der Waals surface area contributed by atoms with Crippen LogP contribution in [0.1, 0.15) is 36.1 Å². The van der Waals surface area contributed by atoms with Gasteiger partial charge in [-0.25, -0.2) is 9.78 Å². The maximum Gasteiger partial charge on any atom is 0.367 e. The van der Waals surface area contributed by atoms with Crippen LogP contribution in [0.4, 0.5) is 0 Å². The standard InChI is InChI=1S/C13H16N2O2S/c1-13(2,3)17-12(16)11-15-10-8(7-14)5-4-6-9(10)18-11/h4-6H,7,14H2,1-3H3. The molecule has 0 amide bonds. The molecule has 2 N–H and O–H groups in total. The number of ether oxygens (including phenoxy) is 1. The minimum atomic E-state index is -0.508. The molecule has 0 aliphatic heterocycles. The molecule has 1 aromatic heterocycles. The number of para-hydroxylation sites is 1. The van der Waals surface area contributed by atoms with E-state index in [2.05, 4.69) is 4.98 Å². The third-order valence-electron chi connectivity index (χ3n) is 2.30. The summed E-state index contributed by atoms with van der Waals surface area (Å²) in [6, 6.07) is 5.77. The maximum atomic E-state index is 11.9. The monoisotopic (exact) mass is 264 g/mol. The third-order valence-corrected chi connectivity index (χ3v) is 3.30. The molecule has 0 unspecified atom stereocenters. The minimum Gasteiger partial charge on any atom is -0.455 e. The lowest BCUT2D eigenvalue weighted by molar-refractivity contribution is 0.00695. The molecule has 2 rings (SSSR count). The highest BCUT2D eigenvalue weighted by Gasteiger charge is 2.21. The fourth-order valence-electron chi connectivity index (χ4n) is 1.58. The fourth-order valence-corrected chi connectivity index (χ4v) is 2.47. The van der Waals surface area contributed by atoms with Crippen molar-refractivity contribution in [1.82, 2.24) is 4.98 Å². The highest BCUT2D eigenvalue weighted by atomic mass is 32.1. The van der Waals surface area contributed by atoms with Gasteiger partial charge in [-0.2, -0.15) is 0 Å². The molecule has 0 radical (unpaired) electrons. The summed E-state index contributed by atoms with van der Waals surface area (Å²) in [5.41, 5.74) is 6.88. The summed E-state index contributed by atoms with van der Waals surface area (Å²) in [6.07, 6.45) is 0. The zero-order chi connectivity index (χ0) is 13.3. The number of hydrogen-bond donors (Lipinski definition) is 1. The van der Waals surface area contributed by atoms with E-state index < -0.39 is 5.60 Å². The van der Waals surface area contributed by atoms with Crippen molar-refractivity contribution in [3.05, 3.63) is 28.8 Å². The molecule has 96 valence electrons. The van der Waals surface area contributed by atoms with Gasteiger partial charge in [0.05, 0.1) is 10.2 Å². The van der Waals surface area contributed by atoms with Crippen LogP contribution in [0.15, 0.2) is 18.2 Å². The van der Waals surface area contributed by atoms with Gasteiger partial charge in [0.2, 0.25) is 5.01 Å². The number of nitrogens with zero attached hydrogens (tertiary/aromatic N) is 1. The Morgan fingerprint density at radius 2 is 2.17 bits per heavy atom. The number of carbonyl (C=O) groups excluding carboxylic acids is 1. The van der Waals surface area contributed by atoms with Crippen LogP contribution in [0.5, 0.6) is 0 Å². The zero-order valence-electron chi connectivity index (χ0n) is 10.7. The number of benzene rings is 1. The summed E-state index contributed by atoms with van der Waals surface area (Å²) in [7, 11) is 0. The van der Waals surface area contributed by atoms with Gasteiger partial charge in [-0.05, 0) is 32.4 Å². The molecule has 0 atom stereocenters. The van der Waals surface area contributed by atoms with Crippen LogP contribution >= 0.6 is 11.3 Å². The Kier molecular flexibility index (Phi) is 3.36. The van der Waals surface area contributed by atoms with Gasteiger partial charge < -0.3 is 10.5 Å². The number of carbonyl (C=O) groups is 1. The second kappa shape index (κ2) is 4.66. The Morgan fingerprint density at radius 1 is 1.44 bits per heavy atom. The second-order valence-corrected chi connectivity index (χ2v) is 6.02. The molecule has 1 heterocycles. The van der Waals surface area contributed by atoms with Crippen molar-refractivity contribution in [1.29, 1.82) is 0 Å². The number of hydrogen-bond acceptors (Lipinski definition) is 5. The normalized spacial score (nSPS) is 11.8. The summed E-state index contributed by atoms with van der Waals surface area (Å²) in [5.74, 6) is -0.383. The van der Waals surface area contributed by atoms with Crippen molar-refractivity contribution in [2.24, 2.45) is 5.73 Å². The molecule has 0 saturated heterocycles. The van der Waals surface area contributed by atoms with Crippen LogP contribution in [0, 0.1) is 0 Å². The average Bonchev–Trinajstić information content (AvgIpc) is 2.70. The highest BCUT2D eigenvalue weighted by molar-refractivity contribution is 7.20. The van der Waals surface area contributed by atoms with E-state index in [9.17, 15) is 4.79 Å². The van der Waals surface area contributed by atoms with E-state index in [0.29, 0.717) is 11.6 Å². The molecule has 1 aromatic carbocycles. The van der Waals surface area contributed by atoms with Gasteiger partial charge in [0.25, 0.3) is 0 Å². The first-order valence-corrected chi connectivity index (χ1v) is 6.54. The number of aromatic nitrogens is 1. The smallest absolute Gasteiger partial charge is 0.367 e. The van der Waals surface area contributed by atoms with Gasteiger partial charge in [-0.3, -0.25) is 0 Å². The molecular formula is C13H16N2O2S. The van der Waals surface area contributed by atoms with Crippen LogP contribution in [-0.2, 0) is 11.3 Å². The van der Waals surface area contributed by atoms with Gasteiger partial charge >= 0.3 is 5.97 Å². The van der Waals surface area contributed by atoms with Crippen LogP contribution in [0.3, 0.4) is 0 Å². The van der Waals surface area contributed by atoms with Crippen molar-refractivity contribution in [2.45, 2.75) is 32.9 Å². The lowest BCUT2D eigenvalue weighted by atomic mass is 10.2. The Hall–Kier alpha value is -1.46. The number of rotatable bonds is 2. The highest BCUT2D eigenvalue weighted by Crippen LogP contribution is 2.26. The Bertz CT molecular complexity index is 584. The van der Waals surface area contributed by atoms with E-state index in [0.717, 1.165) is 15.8 Å². The summed E-state index contributed by atoms with van der Waals surface area (Å²) in [5, 5.41) is 0.376. The van der Waals surface area contributed by atoms with Gasteiger partial charge in [0.1, 0.15) is 5.60 Å². The summed E-state index contributed by atoms with van der Waals surface area (Å²) < 4.78 is 6.26. The van der Waals surface area contributed by atoms with Crippen molar-refractivity contribution in [3.8, 4) is 0 Å². The molecule has 5 heteroatoms. The first kappa shape index (κ1) is 13.0. The molecule has 0 fully saturated rings. The molecule has 0 spiro atoms. The van der Waals surface area contributed by atoms with Crippen LogP contribution < -0.4 is 5.73 Å². The molecule has 0 aliphatic carbocycles. The van der Waals surface area contributed by atoms with Crippen molar-refractivity contribution in [2.75, 3.05) is 0 Å². The number of nitrogens with two attached hydrogens (primary N) is 1. The van der Waals surface area contributed by atoms with Gasteiger partial charge in [0.15, 0.2) is 0 Å². The molecule has 18 heavy (non-hydrogen) atoms. The molecule has 4 nitrogen and oxygen atoms in total. The Labute approximate surface area is 110 Å². The largest absolute Gasteiger partial charge is 0.455 e. The predicted octanol–water partition coefficient (Wildman–Crippen LogP) is 2.71. The van der Waals surface area contributed by atoms with Crippen molar-refractivity contribution >= 4 is 27.5 Å². The SMILES string of the molecule is CC(C)(C)OC(=O)c1nc2c(CN)cccc2s1. The maximum absolute atomic E-state index is 11.9. The first-order chi connectivity index (χ1) is 8.40. The molecule has 0 saturated carbocycles.